The molecule has 15 heavy (non-hydrogen) atoms. The van der Waals surface area contributed by atoms with Gasteiger partial charge in [0.15, 0.2) is 0 Å². The van der Waals surface area contributed by atoms with Crippen LogP contribution in [0.1, 0.15) is 24.5 Å². The second kappa shape index (κ2) is 4.58. The van der Waals surface area contributed by atoms with Crippen LogP contribution in [0.2, 0.25) is 0 Å². The van der Waals surface area contributed by atoms with Gasteiger partial charge < -0.3 is 0 Å². The molecule has 1 heterocycles. The van der Waals surface area contributed by atoms with Gasteiger partial charge in [0.25, 0.3) is 0 Å². The smallest absolute Gasteiger partial charge is 0.131 e. The van der Waals surface area contributed by atoms with Crippen LogP contribution >= 0.6 is 0 Å². The summed E-state index contributed by atoms with van der Waals surface area (Å²) in [5.41, 5.74) is 2.89. The van der Waals surface area contributed by atoms with Gasteiger partial charge in [0, 0.05) is 26.1 Å². The van der Waals surface area contributed by atoms with Gasteiger partial charge in [0.05, 0.1) is 0 Å². The largest absolute Gasteiger partial charge is 0.300 e. The molecule has 0 amide bonds. The SMILES string of the molecule is CC(=O)CCN1CCc2ccccc2C1. The molecular formula is C13H17NO. The molecule has 0 unspecified atom stereocenters. The highest BCUT2D eigenvalue weighted by atomic mass is 16.1. The lowest BCUT2D eigenvalue weighted by molar-refractivity contribution is -0.117. The van der Waals surface area contributed by atoms with Crippen LogP contribution in [0.25, 0.3) is 0 Å². The Labute approximate surface area is 90.9 Å². The fourth-order valence-corrected chi connectivity index (χ4v) is 2.06. The molecule has 0 saturated heterocycles. The molecule has 1 aliphatic rings. The van der Waals surface area contributed by atoms with Gasteiger partial charge in [-0.1, -0.05) is 24.3 Å². The molecule has 1 aromatic rings. The number of ketones is 1. The Morgan fingerprint density at radius 3 is 2.80 bits per heavy atom. The van der Waals surface area contributed by atoms with Gasteiger partial charge in [-0.25, -0.2) is 0 Å². The maximum Gasteiger partial charge on any atom is 0.131 e. The van der Waals surface area contributed by atoms with Crippen molar-refractivity contribution in [3.05, 3.63) is 35.4 Å². The van der Waals surface area contributed by atoms with E-state index in [0.717, 1.165) is 26.1 Å². The van der Waals surface area contributed by atoms with Crippen LogP contribution in [-0.4, -0.2) is 23.8 Å². The van der Waals surface area contributed by atoms with Crippen LogP contribution in [0.4, 0.5) is 0 Å². The zero-order valence-electron chi connectivity index (χ0n) is 9.20. The molecule has 0 atom stereocenters. The first-order valence-corrected chi connectivity index (χ1v) is 5.54. The van der Waals surface area contributed by atoms with Crippen LogP contribution in [0.15, 0.2) is 24.3 Å². The van der Waals surface area contributed by atoms with E-state index < -0.39 is 0 Å². The third kappa shape index (κ3) is 2.66. The molecule has 0 N–H and O–H groups in total. The molecule has 0 radical (unpaired) electrons. The number of rotatable bonds is 3. The minimum atomic E-state index is 0.286. The van der Waals surface area contributed by atoms with E-state index >= 15 is 0 Å². The third-order valence-electron chi connectivity index (χ3n) is 2.99. The van der Waals surface area contributed by atoms with Crippen LogP contribution < -0.4 is 0 Å². The summed E-state index contributed by atoms with van der Waals surface area (Å²) in [6.07, 6.45) is 1.80. The second-order valence-electron chi connectivity index (χ2n) is 4.25. The van der Waals surface area contributed by atoms with E-state index in [2.05, 4.69) is 29.2 Å². The number of hydrogen-bond acceptors (Lipinski definition) is 2. The number of hydrogen-bond donors (Lipinski definition) is 0. The second-order valence-corrected chi connectivity index (χ2v) is 4.25. The molecule has 2 rings (SSSR count). The lowest BCUT2D eigenvalue weighted by atomic mass is 10.00. The van der Waals surface area contributed by atoms with Crippen molar-refractivity contribution < 1.29 is 4.79 Å². The highest BCUT2D eigenvalue weighted by molar-refractivity contribution is 5.75. The molecule has 1 aromatic carbocycles. The monoisotopic (exact) mass is 203 g/mol. The van der Waals surface area contributed by atoms with Crippen LogP contribution in [-0.2, 0) is 17.8 Å². The summed E-state index contributed by atoms with van der Waals surface area (Å²) in [7, 11) is 0. The van der Waals surface area contributed by atoms with Crippen molar-refractivity contribution in [2.45, 2.75) is 26.3 Å². The number of fused-ring (bicyclic) bond motifs is 1. The van der Waals surface area contributed by atoms with Crippen LogP contribution in [0.5, 0.6) is 0 Å². The summed E-state index contributed by atoms with van der Waals surface area (Å²) in [5.74, 6) is 0.286. The van der Waals surface area contributed by atoms with E-state index in [4.69, 9.17) is 0 Å². The molecule has 0 bridgehead atoms. The number of carbonyl (C=O) groups is 1. The molecule has 0 spiro atoms. The zero-order valence-corrected chi connectivity index (χ0v) is 9.20. The zero-order chi connectivity index (χ0) is 10.7. The van der Waals surface area contributed by atoms with Crippen molar-refractivity contribution in [2.24, 2.45) is 0 Å². The van der Waals surface area contributed by atoms with E-state index in [9.17, 15) is 4.79 Å². The van der Waals surface area contributed by atoms with Crippen molar-refractivity contribution >= 4 is 5.78 Å². The van der Waals surface area contributed by atoms with Crippen LogP contribution in [0.3, 0.4) is 0 Å². The van der Waals surface area contributed by atoms with Crippen molar-refractivity contribution in [3.63, 3.8) is 0 Å². The minimum Gasteiger partial charge on any atom is -0.300 e. The Morgan fingerprint density at radius 2 is 2.07 bits per heavy atom. The number of benzene rings is 1. The minimum absolute atomic E-state index is 0.286. The third-order valence-corrected chi connectivity index (χ3v) is 2.99. The van der Waals surface area contributed by atoms with Gasteiger partial charge in [0.1, 0.15) is 5.78 Å². The summed E-state index contributed by atoms with van der Waals surface area (Å²) in [4.78, 5) is 13.3. The Kier molecular flexibility index (Phi) is 3.17. The Morgan fingerprint density at radius 1 is 1.33 bits per heavy atom. The predicted octanol–water partition coefficient (Wildman–Crippen LogP) is 2.02. The first-order chi connectivity index (χ1) is 7.25. The number of carbonyl (C=O) groups excluding carboxylic acids is 1. The molecule has 0 saturated carbocycles. The fraction of sp³-hybridized carbons (Fsp3) is 0.462. The van der Waals surface area contributed by atoms with Gasteiger partial charge in [-0.15, -0.1) is 0 Å². The van der Waals surface area contributed by atoms with Crippen molar-refractivity contribution in [2.75, 3.05) is 13.1 Å². The topological polar surface area (TPSA) is 20.3 Å². The Bertz CT molecular complexity index is 359. The van der Waals surface area contributed by atoms with Gasteiger partial charge in [0.2, 0.25) is 0 Å². The number of Topliss-reactive ketones (excluding diaryl/α,β-unsaturated/α-hetero) is 1. The summed E-state index contributed by atoms with van der Waals surface area (Å²) >= 11 is 0. The average molecular weight is 203 g/mol. The predicted molar refractivity (Wildman–Crippen MR) is 60.7 cm³/mol. The van der Waals surface area contributed by atoms with Gasteiger partial charge >= 0.3 is 0 Å². The van der Waals surface area contributed by atoms with E-state index in [1.165, 1.54) is 11.1 Å². The van der Waals surface area contributed by atoms with Gasteiger partial charge in [-0.05, 0) is 24.5 Å². The van der Waals surface area contributed by atoms with Gasteiger partial charge in [-0.3, -0.25) is 9.69 Å². The molecule has 0 fully saturated rings. The standard InChI is InChI=1S/C13H17NO/c1-11(15)6-8-14-9-7-12-4-2-3-5-13(12)10-14/h2-5H,6-10H2,1H3. The first-order valence-electron chi connectivity index (χ1n) is 5.54. The normalized spacial score (nSPS) is 16.1. The molecule has 2 heteroatoms. The highest BCUT2D eigenvalue weighted by Crippen LogP contribution is 2.18. The fourth-order valence-electron chi connectivity index (χ4n) is 2.06. The van der Waals surface area contributed by atoms with Crippen molar-refractivity contribution in [1.29, 1.82) is 0 Å². The van der Waals surface area contributed by atoms with Crippen molar-refractivity contribution in [3.8, 4) is 0 Å². The summed E-state index contributed by atoms with van der Waals surface area (Å²) in [6, 6.07) is 8.59. The molecule has 0 aromatic heterocycles. The lowest BCUT2D eigenvalue weighted by Crippen LogP contribution is -2.32. The summed E-state index contributed by atoms with van der Waals surface area (Å²) < 4.78 is 0. The first kappa shape index (κ1) is 10.4. The summed E-state index contributed by atoms with van der Waals surface area (Å²) in [5, 5.41) is 0. The van der Waals surface area contributed by atoms with E-state index in [1.54, 1.807) is 6.92 Å². The van der Waals surface area contributed by atoms with E-state index in [0.29, 0.717) is 6.42 Å². The van der Waals surface area contributed by atoms with Crippen LogP contribution in [0, 0.1) is 0 Å². The Hall–Kier alpha value is -1.15. The quantitative estimate of drug-likeness (QED) is 0.749. The Balaban J connectivity index is 1.96. The maximum absolute atomic E-state index is 10.9. The maximum atomic E-state index is 10.9. The number of nitrogens with zero attached hydrogens (tertiary/aromatic N) is 1. The summed E-state index contributed by atoms with van der Waals surface area (Å²) in [6.45, 7) is 4.66. The van der Waals surface area contributed by atoms with E-state index in [-0.39, 0.29) is 5.78 Å². The van der Waals surface area contributed by atoms with E-state index in [1.807, 2.05) is 0 Å². The molecule has 1 aliphatic heterocycles. The lowest BCUT2D eigenvalue weighted by Gasteiger charge is -2.28. The molecular weight excluding hydrogens is 186 g/mol. The van der Waals surface area contributed by atoms with Gasteiger partial charge in [-0.2, -0.15) is 0 Å². The molecule has 2 nitrogen and oxygen atoms in total. The molecule has 80 valence electrons. The average Bonchev–Trinajstić information content (AvgIpc) is 2.26. The van der Waals surface area contributed by atoms with Crippen molar-refractivity contribution in [1.82, 2.24) is 4.90 Å². The molecule has 0 aliphatic carbocycles. The highest BCUT2D eigenvalue weighted by Gasteiger charge is 2.15.